The van der Waals surface area contributed by atoms with Crippen LogP contribution in [0.2, 0.25) is 0 Å². The minimum atomic E-state index is 0.432. The molecule has 7 heterocycles. The van der Waals surface area contributed by atoms with Gasteiger partial charge in [-0.2, -0.15) is 0 Å². The highest BCUT2D eigenvalue weighted by Crippen LogP contribution is 2.30. The summed E-state index contributed by atoms with van der Waals surface area (Å²) in [5.74, 6) is 0. The van der Waals surface area contributed by atoms with Gasteiger partial charge in [0.2, 0.25) is 0 Å². The minimum Gasteiger partial charge on any atom is -0.244 e. The molecular weight excluding hydrogens is 645 g/mol. The average Bonchev–Trinajstić information content (AvgIpc) is 3.21. The van der Waals surface area contributed by atoms with Crippen molar-refractivity contribution in [3.8, 4) is 0 Å². The fraction of sp³-hybridized carbons (Fsp3) is 0.143. The Kier molecular flexibility index (Phi) is 6.39. The molecule has 12 bridgehead atoms. The van der Waals surface area contributed by atoms with Crippen molar-refractivity contribution in [3.05, 3.63) is 113 Å². The van der Waals surface area contributed by atoms with Crippen LogP contribution in [0.5, 0.6) is 0 Å². The van der Waals surface area contributed by atoms with E-state index in [1.807, 2.05) is 60.7 Å². The second-order valence-corrected chi connectivity index (χ2v) is 13.3. The first-order valence-electron chi connectivity index (χ1n) is 17.7. The number of nitrogens with zero attached hydrogens (tertiary/aromatic N) is 10. The quantitative estimate of drug-likeness (QED) is 0.155. The standard InChI is InChI=1S/C42H28N10/c1-5-15-27-23(11-1)35-31-19-9-20-32(43-31)36-24-12-2-7-17-29(24)47-41(51-36)42-48-30-18-8-4-14-26(30)38(52-42)34-22-10-21-33(44-34)37-25-13-3-6-16-28(25)46-40(50-37)39(45-27)49-35/h1-5,9-15,19-22H,6-8,16-18H2. The van der Waals surface area contributed by atoms with Crippen molar-refractivity contribution in [1.82, 2.24) is 49.8 Å². The number of benzene rings is 1. The molecule has 52 heavy (non-hydrogen) atoms. The smallest absolute Gasteiger partial charge is 0.198 e. The maximum atomic E-state index is 5.25. The zero-order chi connectivity index (χ0) is 34.2. The molecular formula is C42H28N10. The van der Waals surface area contributed by atoms with Gasteiger partial charge in [-0.05, 0) is 68.9 Å². The van der Waals surface area contributed by atoms with E-state index >= 15 is 0 Å². The molecule has 0 fully saturated rings. The van der Waals surface area contributed by atoms with Gasteiger partial charge in [-0.15, -0.1) is 0 Å². The fourth-order valence-corrected chi connectivity index (χ4v) is 7.56. The predicted molar refractivity (Wildman–Crippen MR) is 205 cm³/mol. The largest absolute Gasteiger partial charge is 0.244 e. The summed E-state index contributed by atoms with van der Waals surface area (Å²) >= 11 is 0. The molecule has 0 N–H and O–H groups in total. The van der Waals surface area contributed by atoms with Gasteiger partial charge in [-0.3, -0.25) is 0 Å². The number of allylic oxidation sites excluding steroid dienone is 3. The van der Waals surface area contributed by atoms with E-state index in [2.05, 4.69) is 36.5 Å². The third-order valence-electron chi connectivity index (χ3n) is 10.0. The molecule has 3 aliphatic rings. The summed E-state index contributed by atoms with van der Waals surface area (Å²) in [5.41, 5.74) is 14.1. The summed E-state index contributed by atoms with van der Waals surface area (Å²) in [6.45, 7) is 0. The van der Waals surface area contributed by atoms with Gasteiger partial charge in [0.25, 0.3) is 0 Å². The van der Waals surface area contributed by atoms with Crippen LogP contribution in [0.25, 0.3) is 95.9 Å². The van der Waals surface area contributed by atoms with E-state index < -0.39 is 0 Å². The number of aryl methyl sites for hydroxylation is 3. The number of rotatable bonds is 0. The van der Waals surface area contributed by atoms with E-state index in [0.29, 0.717) is 44.7 Å². The van der Waals surface area contributed by atoms with Crippen LogP contribution in [-0.2, 0) is 19.3 Å². The highest BCUT2D eigenvalue weighted by Gasteiger charge is 2.19. The Bertz CT molecular complexity index is 3090. The van der Waals surface area contributed by atoms with E-state index in [4.69, 9.17) is 49.8 Å². The molecule has 11 rings (SSSR count). The molecule has 0 saturated carbocycles. The highest BCUT2D eigenvalue weighted by atomic mass is 15.0. The lowest BCUT2D eigenvalue weighted by atomic mass is 10.0. The minimum absolute atomic E-state index is 0.432. The lowest BCUT2D eigenvalue weighted by molar-refractivity contribution is 0.923. The first-order chi connectivity index (χ1) is 25.7. The zero-order valence-electron chi connectivity index (χ0n) is 28.0. The van der Waals surface area contributed by atoms with Gasteiger partial charge < -0.3 is 0 Å². The normalized spacial score (nSPS) is 14.6. The van der Waals surface area contributed by atoms with E-state index in [1.54, 1.807) is 0 Å². The summed E-state index contributed by atoms with van der Waals surface area (Å²) in [5, 5.41) is 0.884. The van der Waals surface area contributed by atoms with Gasteiger partial charge in [0.05, 0.1) is 44.7 Å². The molecule has 0 unspecified atom stereocenters. The molecule has 1 aromatic carbocycles. The number of para-hydroxylation sites is 1. The van der Waals surface area contributed by atoms with Crippen molar-refractivity contribution in [2.75, 3.05) is 0 Å². The van der Waals surface area contributed by atoms with Crippen molar-refractivity contribution < 1.29 is 0 Å². The molecule has 0 amide bonds. The Balaban J connectivity index is 1.42. The molecule has 0 saturated heterocycles. The topological polar surface area (TPSA) is 129 Å². The van der Waals surface area contributed by atoms with E-state index in [-0.39, 0.29) is 0 Å². The third-order valence-corrected chi connectivity index (χ3v) is 10.0. The van der Waals surface area contributed by atoms with Gasteiger partial charge in [0, 0.05) is 22.1 Å². The molecule has 0 radical (unpaired) electrons. The van der Waals surface area contributed by atoms with Crippen molar-refractivity contribution in [1.29, 1.82) is 0 Å². The SMILES string of the molecule is C1=Cc2c(nc3nc2c2cccc(n2)c2nc(nc4c2C=CCC4)c2nc4ccccc4c(n2)c2cccc(n2)c2nc3nc3c2C=CCC3)CC1. The maximum absolute atomic E-state index is 5.25. The summed E-state index contributed by atoms with van der Waals surface area (Å²) in [6, 6.07) is 20.0. The van der Waals surface area contributed by atoms with Gasteiger partial charge in [-0.25, -0.2) is 49.8 Å². The van der Waals surface area contributed by atoms with Crippen LogP contribution < -0.4 is 0 Å². The molecule has 0 spiro atoms. The Labute approximate surface area is 296 Å². The van der Waals surface area contributed by atoms with Crippen LogP contribution in [-0.4, -0.2) is 49.8 Å². The van der Waals surface area contributed by atoms with Gasteiger partial charge in [-0.1, -0.05) is 66.8 Å². The second kappa shape index (κ2) is 11.4. The van der Waals surface area contributed by atoms with Crippen LogP contribution in [0.1, 0.15) is 53.0 Å². The Morgan fingerprint density at radius 1 is 0.327 bits per heavy atom. The summed E-state index contributed by atoms with van der Waals surface area (Å²) < 4.78 is 0. The molecule has 3 aliphatic carbocycles. The summed E-state index contributed by atoms with van der Waals surface area (Å²) in [6.07, 6.45) is 17.9. The number of pyridine rings is 2. The Morgan fingerprint density at radius 2 is 0.712 bits per heavy atom. The molecule has 7 aromatic heterocycles. The molecule has 246 valence electrons. The van der Waals surface area contributed by atoms with Crippen molar-refractivity contribution in [2.45, 2.75) is 38.5 Å². The molecule has 8 aromatic rings. The number of hydrogen-bond donors (Lipinski definition) is 0. The third kappa shape index (κ3) is 4.64. The van der Waals surface area contributed by atoms with Crippen LogP contribution in [0.4, 0.5) is 0 Å². The predicted octanol–water partition coefficient (Wildman–Crippen LogP) is 8.27. The first-order valence-corrected chi connectivity index (χ1v) is 17.7. The van der Waals surface area contributed by atoms with Gasteiger partial charge >= 0.3 is 0 Å². The Morgan fingerprint density at radius 3 is 1.19 bits per heavy atom. The van der Waals surface area contributed by atoms with E-state index in [1.165, 1.54) is 0 Å². The lowest BCUT2D eigenvalue weighted by Crippen LogP contribution is -2.05. The van der Waals surface area contributed by atoms with Gasteiger partial charge in [0.1, 0.15) is 22.1 Å². The van der Waals surface area contributed by atoms with E-state index in [0.717, 1.165) is 105 Å². The van der Waals surface area contributed by atoms with Gasteiger partial charge in [0.15, 0.2) is 22.6 Å². The monoisotopic (exact) mass is 672 g/mol. The highest BCUT2D eigenvalue weighted by molar-refractivity contribution is 6.04. The molecule has 10 nitrogen and oxygen atoms in total. The molecule has 0 aliphatic heterocycles. The van der Waals surface area contributed by atoms with Crippen LogP contribution in [0, 0.1) is 0 Å². The second-order valence-electron chi connectivity index (χ2n) is 13.3. The van der Waals surface area contributed by atoms with Crippen LogP contribution in [0.3, 0.4) is 0 Å². The first kappa shape index (κ1) is 29.1. The molecule has 10 heteroatoms. The number of aromatic nitrogens is 10. The van der Waals surface area contributed by atoms with Crippen molar-refractivity contribution in [3.63, 3.8) is 0 Å². The molecule has 0 atom stereocenters. The van der Waals surface area contributed by atoms with E-state index in [9.17, 15) is 0 Å². The average molecular weight is 673 g/mol. The van der Waals surface area contributed by atoms with Crippen molar-refractivity contribution >= 4 is 95.9 Å². The number of hydrogen-bond acceptors (Lipinski definition) is 10. The summed E-state index contributed by atoms with van der Waals surface area (Å²) in [4.78, 5) is 51.5. The maximum Gasteiger partial charge on any atom is 0.198 e. The zero-order valence-corrected chi connectivity index (χ0v) is 28.0. The van der Waals surface area contributed by atoms with Crippen molar-refractivity contribution in [2.24, 2.45) is 0 Å². The fourth-order valence-electron chi connectivity index (χ4n) is 7.56. The van der Waals surface area contributed by atoms with Crippen LogP contribution >= 0.6 is 0 Å². The lowest BCUT2D eigenvalue weighted by Gasteiger charge is -2.13. The van der Waals surface area contributed by atoms with Crippen LogP contribution in [0.15, 0.2) is 78.9 Å². The summed E-state index contributed by atoms with van der Waals surface area (Å²) in [7, 11) is 0. The Hall–Kier alpha value is -6.68. The number of fused-ring (bicyclic) bond motifs is 26.